The maximum atomic E-state index is 9.13. The Morgan fingerprint density at radius 3 is 2.47 bits per heavy atom. The van der Waals surface area contributed by atoms with Crippen molar-refractivity contribution in [1.29, 1.82) is 10.5 Å². The quantitative estimate of drug-likeness (QED) is 0.551. The molecular weight excluding hydrogens is 219 g/mol. The Bertz CT molecular complexity index is 510. The van der Waals surface area contributed by atoms with Gasteiger partial charge in [-0.1, -0.05) is 12.1 Å². The number of nitriles is 2. The molecule has 0 atom stereocenters. The standard InChI is InChI=1S/C11H9BN2O3/c1-17-11-3-2-8(4-9(6-13)7-14)5-10(11)12(15)16/h2-5,15-16H,1H3. The normalized spacial score (nSPS) is 8.76. The van der Waals surface area contributed by atoms with Crippen LogP contribution >= 0.6 is 0 Å². The molecule has 0 aliphatic carbocycles. The second kappa shape index (κ2) is 5.71. The molecule has 0 amide bonds. The van der Waals surface area contributed by atoms with Crippen LogP contribution in [0.25, 0.3) is 6.08 Å². The highest BCUT2D eigenvalue weighted by Crippen LogP contribution is 2.12. The molecule has 5 nitrogen and oxygen atoms in total. The predicted molar refractivity (Wildman–Crippen MR) is 62.0 cm³/mol. The van der Waals surface area contributed by atoms with E-state index < -0.39 is 7.12 Å². The SMILES string of the molecule is COc1ccc(C=C(C#N)C#N)cc1B(O)O. The molecule has 6 heteroatoms. The molecule has 0 aromatic heterocycles. The molecule has 1 aromatic carbocycles. The third-order valence-corrected chi connectivity index (χ3v) is 2.08. The molecule has 0 bridgehead atoms. The van der Waals surface area contributed by atoms with Crippen molar-refractivity contribution >= 4 is 18.7 Å². The van der Waals surface area contributed by atoms with E-state index in [1.165, 1.54) is 25.3 Å². The summed E-state index contributed by atoms with van der Waals surface area (Å²) < 4.78 is 4.95. The molecule has 0 aliphatic rings. The summed E-state index contributed by atoms with van der Waals surface area (Å²) in [4.78, 5) is 0. The smallest absolute Gasteiger partial charge is 0.492 e. The van der Waals surface area contributed by atoms with Crippen molar-refractivity contribution in [2.75, 3.05) is 7.11 Å². The Morgan fingerprint density at radius 2 is 2.00 bits per heavy atom. The van der Waals surface area contributed by atoms with Crippen LogP contribution in [0.15, 0.2) is 23.8 Å². The fraction of sp³-hybridized carbons (Fsp3) is 0.0909. The molecule has 0 fully saturated rings. The predicted octanol–water partition coefficient (Wildman–Crippen LogP) is -0.194. The maximum absolute atomic E-state index is 9.13. The first-order chi connectivity index (χ1) is 8.12. The summed E-state index contributed by atoms with van der Waals surface area (Å²) >= 11 is 0. The largest absolute Gasteiger partial charge is 0.497 e. The van der Waals surface area contributed by atoms with Gasteiger partial charge in [-0.2, -0.15) is 10.5 Å². The molecule has 0 saturated heterocycles. The van der Waals surface area contributed by atoms with Crippen LogP contribution in [0.5, 0.6) is 5.75 Å². The monoisotopic (exact) mass is 228 g/mol. The molecule has 0 unspecified atom stereocenters. The number of nitrogens with zero attached hydrogens (tertiary/aromatic N) is 2. The summed E-state index contributed by atoms with van der Waals surface area (Å²) in [7, 11) is -0.266. The minimum atomic E-state index is -1.68. The minimum absolute atomic E-state index is 0.0615. The average molecular weight is 228 g/mol. The Morgan fingerprint density at radius 1 is 1.35 bits per heavy atom. The van der Waals surface area contributed by atoms with Gasteiger partial charge in [-0.05, 0) is 17.7 Å². The Kier molecular flexibility index (Phi) is 4.30. The molecule has 1 rings (SSSR count). The number of hydrogen-bond donors (Lipinski definition) is 2. The third kappa shape index (κ3) is 3.09. The van der Waals surface area contributed by atoms with Gasteiger partial charge in [0.05, 0.1) is 7.11 Å². The molecular formula is C11H9BN2O3. The summed E-state index contributed by atoms with van der Waals surface area (Å²) in [6.07, 6.45) is 1.35. The lowest BCUT2D eigenvalue weighted by molar-refractivity contribution is 0.403. The molecule has 0 saturated carbocycles. The lowest BCUT2D eigenvalue weighted by atomic mass is 9.78. The first-order valence-electron chi connectivity index (χ1n) is 4.68. The van der Waals surface area contributed by atoms with Gasteiger partial charge in [-0.3, -0.25) is 0 Å². The first-order valence-corrected chi connectivity index (χ1v) is 4.68. The summed E-state index contributed by atoms with van der Waals surface area (Å²) in [6.45, 7) is 0. The van der Waals surface area contributed by atoms with Crippen LogP contribution < -0.4 is 10.2 Å². The van der Waals surface area contributed by atoms with Crippen LogP contribution in [0.2, 0.25) is 0 Å². The second-order valence-electron chi connectivity index (χ2n) is 3.16. The van der Waals surface area contributed by atoms with E-state index in [9.17, 15) is 0 Å². The van der Waals surface area contributed by atoms with Crippen molar-refractivity contribution in [2.24, 2.45) is 0 Å². The summed E-state index contributed by atoms with van der Waals surface area (Å²) in [5.41, 5.74) is 0.636. The molecule has 0 heterocycles. The number of methoxy groups -OCH3 is 1. The molecule has 2 N–H and O–H groups in total. The molecule has 1 aromatic rings. The zero-order valence-corrected chi connectivity index (χ0v) is 9.08. The van der Waals surface area contributed by atoms with Crippen molar-refractivity contribution in [3.05, 3.63) is 29.3 Å². The van der Waals surface area contributed by atoms with Gasteiger partial charge < -0.3 is 14.8 Å². The van der Waals surface area contributed by atoms with Crippen LogP contribution in [0.3, 0.4) is 0 Å². The third-order valence-electron chi connectivity index (χ3n) is 2.08. The number of ether oxygens (including phenoxy) is 1. The molecule has 17 heavy (non-hydrogen) atoms. The summed E-state index contributed by atoms with van der Waals surface area (Å²) in [6, 6.07) is 8.03. The maximum Gasteiger partial charge on any atom is 0.492 e. The van der Waals surface area contributed by atoms with Crippen molar-refractivity contribution in [1.82, 2.24) is 0 Å². The van der Waals surface area contributed by atoms with Crippen LogP contribution in [0, 0.1) is 22.7 Å². The highest BCUT2D eigenvalue weighted by atomic mass is 16.5. The number of hydrogen-bond acceptors (Lipinski definition) is 5. The van der Waals surface area contributed by atoms with E-state index in [0.717, 1.165) is 0 Å². The Labute approximate surface area is 98.9 Å². The van der Waals surface area contributed by atoms with E-state index in [0.29, 0.717) is 11.3 Å². The van der Waals surface area contributed by atoms with E-state index >= 15 is 0 Å². The van der Waals surface area contributed by atoms with E-state index in [1.807, 2.05) is 0 Å². The van der Waals surface area contributed by atoms with E-state index in [-0.39, 0.29) is 11.0 Å². The van der Waals surface area contributed by atoms with Gasteiger partial charge in [0, 0.05) is 5.46 Å². The van der Waals surface area contributed by atoms with Crippen LogP contribution in [-0.2, 0) is 0 Å². The number of benzene rings is 1. The van der Waals surface area contributed by atoms with E-state index in [2.05, 4.69) is 0 Å². The molecule has 0 spiro atoms. The fourth-order valence-electron chi connectivity index (χ4n) is 1.30. The van der Waals surface area contributed by atoms with Gasteiger partial charge in [-0.25, -0.2) is 0 Å². The fourth-order valence-corrected chi connectivity index (χ4v) is 1.30. The second-order valence-corrected chi connectivity index (χ2v) is 3.16. The van der Waals surface area contributed by atoms with Gasteiger partial charge in [0.1, 0.15) is 23.5 Å². The molecule has 0 radical (unpaired) electrons. The summed E-state index contributed by atoms with van der Waals surface area (Å²) in [5, 5.41) is 35.5. The molecule has 84 valence electrons. The highest BCUT2D eigenvalue weighted by Gasteiger charge is 2.17. The van der Waals surface area contributed by atoms with Gasteiger partial charge >= 0.3 is 7.12 Å². The van der Waals surface area contributed by atoms with Crippen molar-refractivity contribution in [2.45, 2.75) is 0 Å². The lowest BCUT2D eigenvalue weighted by Gasteiger charge is -2.08. The van der Waals surface area contributed by atoms with Gasteiger partial charge in [0.25, 0.3) is 0 Å². The van der Waals surface area contributed by atoms with Crippen molar-refractivity contribution in [3.8, 4) is 17.9 Å². The van der Waals surface area contributed by atoms with Gasteiger partial charge in [-0.15, -0.1) is 0 Å². The number of allylic oxidation sites excluding steroid dienone is 1. The van der Waals surface area contributed by atoms with Crippen molar-refractivity contribution < 1.29 is 14.8 Å². The molecule has 0 aliphatic heterocycles. The minimum Gasteiger partial charge on any atom is -0.497 e. The van der Waals surface area contributed by atoms with E-state index in [4.69, 9.17) is 25.3 Å². The zero-order valence-electron chi connectivity index (χ0n) is 9.08. The van der Waals surface area contributed by atoms with Crippen LogP contribution in [0.4, 0.5) is 0 Å². The lowest BCUT2D eigenvalue weighted by Crippen LogP contribution is -2.31. The Balaban J connectivity index is 3.23. The number of rotatable bonds is 3. The van der Waals surface area contributed by atoms with Gasteiger partial charge in [0.2, 0.25) is 0 Å². The first kappa shape index (κ1) is 12.8. The van der Waals surface area contributed by atoms with E-state index in [1.54, 1.807) is 18.2 Å². The topological polar surface area (TPSA) is 97.3 Å². The summed E-state index contributed by atoms with van der Waals surface area (Å²) in [5.74, 6) is 0.326. The van der Waals surface area contributed by atoms with Crippen molar-refractivity contribution in [3.63, 3.8) is 0 Å². The highest BCUT2D eigenvalue weighted by molar-refractivity contribution is 6.59. The Hall–Kier alpha value is -2.28. The zero-order chi connectivity index (χ0) is 12.8. The average Bonchev–Trinajstić information content (AvgIpc) is 2.35. The van der Waals surface area contributed by atoms with Crippen LogP contribution in [-0.4, -0.2) is 24.3 Å². The van der Waals surface area contributed by atoms with Crippen LogP contribution in [0.1, 0.15) is 5.56 Å². The van der Waals surface area contributed by atoms with Gasteiger partial charge in [0.15, 0.2) is 0 Å².